The fourth-order valence-corrected chi connectivity index (χ4v) is 3.87. The van der Waals surface area contributed by atoms with Crippen LogP contribution >= 0.6 is 11.3 Å². The van der Waals surface area contributed by atoms with Crippen LogP contribution in [-0.4, -0.2) is 45.9 Å². The lowest BCUT2D eigenvalue weighted by Crippen LogP contribution is -2.48. The topological polar surface area (TPSA) is 47.4 Å². The molecule has 3 heterocycles. The van der Waals surface area contributed by atoms with Gasteiger partial charge in [0.15, 0.2) is 0 Å². The van der Waals surface area contributed by atoms with E-state index in [0.717, 1.165) is 22.1 Å². The average Bonchev–Trinajstić information content (AvgIpc) is 3.11. The number of nitrogens with zero attached hydrogens (tertiary/aromatic N) is 3. The summed E-state index contributed by atoms with van der Waals surface area (Å²) in [5.41, 5.74) is -0.609. The number of amides is 1. The molecule has 3 rings (SSSR count). The summed E-state index contributed by atoms with van der Waals surface area (Å²) in [6.45, 7) is 4.81. The molecule has 2 atom stereocenters. The van der Waals surface area contributed by atoms with Gasteiger partial charge in [-0.2, -0.15) is 18.3 Å². The van der Waals surface area contributed by atoms with Gasteiger partial charge in [-0.25, -0.2) is 0 Å². The van der Waals surface area contributed by atoms with Crippen LogP contribution in [0.2, 0.25) is 0 Å². The Labute approximate surface area is 147 Å². The number of halogens is 3. The first-order valence-corrected chi connectivity index (χ1v) is 8.63. The van der Waals surface area contributed by atoms with Crippen LogP contribution in [0.3, 0.4) is 0 Å². The van der Waals surface area contributed by atoms with Crippen molar-refractivity contribution in [2.45, 2.75) is 32.2 Å². The normalized spacial score (nSPS) is 21.6. The Morgan fingerprint density at radius 1 is 1.28 bits per heavy atom. The number of carbonyl (C=O) groups excluding carboxylic acids is 1. The predicted octanol–water partition coefficient (Wildman–Crippen LogP) is 3.42. The SMILES string of the molecule is CC1CN(C(=O)c2ccc(-c3cc(C(F)(F)F)n(C)n3)s2)CC(C)O1. The maximum atomic E-state index is 12.9. The summed E-state index contributed by atoms with van der Waals surface area (Å²) >= 11 is 1.15. The number of hydrogen-bond acceptors (Lipinski definition) is 4. The van der Waals surface area contributed by atoms with Crippen LogP contribution < -0.4 is 0 Å². The molecular formula is C16H18F3N3O2S. The lowest BCUT2D eigenvalue weighted by molar-refractivity contribution is -0.143. The summed E-state index contributed by atoms with van der Waals surface area (Å²) in [6, 6.07) is 4.27. The molecule has 0 aromatic carbocycles. The molecule has 25 heavy (non-hydrogen) atoms. The molecule has 9 heteroatoms. The summed E-state index contributed by atoms with van der Waals surface area (Å²) in [6.07, 6.45) is -4.55. The van der Waals surface area contributed by atoms with Gasteiger partial charge < -0.3 is 9.64 Å². The fraction of sp³-hybridized carbons (Fsp3) is 0.500. The molecule has 0 radical (unpaired) electrons. The van der Waals surface area contributed by atoms with E-state index in [1.807, 2.05) is 13.8 Å². The van der Waals surface area contributed by atoms with Crippen molar-refractivity contribution < 1.29 is 22.7 Å². The Balaban J connectivity index is 1.82. The summed E-state index contributed by atoms with van der Waals surface area (Å²) in [5, 5.41) is 3.92. The number of ether oxygens (including phenoxy) is 1. The molecule has 0 bridgehead atoms. The summed E-state index contributed by atoms with van der Waals surface area (Å²) < 4.78 is 45.1. The second kappa shape index (κ2) is 6.45. The second-order valence-electron chi connectivity index (χ2n) is 6.17. The van der Waals surface area contributed by atoms with Crippen molar-refractivity contribution in [2.75, 3.05) is 13.1 Å². The Morgan fingerprint density at radius 3 is 2.48 bits per heavy atom. The minimum Gasteiger partial charge on any atom is -0.372 e. The Kier molecular flexibility index (Phi) is 4.63. The van der Waals surface area contributed by atoms with E-state index in [2.05, 4.69) is 5.10 Å². The second-order valence-corrected chi connectivity index (χ2v) is 7.25. The molecule has 0 spiro atoms. The van der Waals surface area contributed by atoms with Crippen molar-refractivity contribution in [3.8, 4) is 10.6 Å². The zero-order chi connectivity index (χ0) is 18.4. The van der Waals surface area contributed by atoms with Crippen molar-refractivity contribution in [3.05, 3.63) is 28.8 Å². The maximum Gasteiger partial charge on any atom is 0.433 e. The van der Waals surface area contributed by atoms with Gasteiger partial charge in [-0.15, -0.1) is 11.3 Å². The average molecular weight is 373 g/mol. The van der Waals surface area contributed by atoms with Crippen LogP contribution in [0.4, 0.5) is 13.2 Å². The first kappa shape index (κ1) is 17.9. The summed E-state index contributed by atoms with van der Waals surface area (Å²) in [4.78, 5) is 15.4. The highest BCUT2D eigenvalue weighted by atomic mass is 32.1. The van der Waals surface area contributed by atoms with Crippen LogP contribution in [0.1, 0.15) is 29.2 Å². The zero-order valence-corrected chi connectivity index (χ0v) is 14.8. The van der Waals surface area contributed by atoms with E-state index in [1.54, 1.807) is 17.0 Å². The third-order valence-electron chi connectivity index (χ3n) is 3.95. The molecule has 1 fully saturated rings. The molecular weight excluding hydrogens is 355 g/mol. The number of thiophene rings is 1. The highest BCUT2D eigenvalue weighted by molar-refractivity contribution is 7.17. The van der Waals surface area contributed by atoms with Crippen LogP contribution in [0, 0.1) is 0 Å². The van der Waals surface area contributed by atoms with E-state index in [9.17, 15) is 18.0 Å². The van der Waals surface area contributed by atoms with Crippen LogP contribution in [0.5, 0.6) is 0 Å². The molecule has 1 aliphatic rings. The minimum atomic E-state index is -4.46. The van der Waals surface area contributed by atoms with Gasteiger partial charge in [-0.3, -0.25) is 9.48 Å². The zero-order valence-electron chi connectivity index (χ0n) is 14.0. The highest BCUT2D eigenvalue weighted by Crippen LogP contribution is 2.34. The van der Waals surface area contributed by atoms with E-state index in [0.29, 0.717) is 22.8 Å². The number of aromatic nitrogens is 2. The largest absolute Gasteiger partial charge is 0.433 e. The molecule has 2 unspecified atom stereocenters. The molecule has 1 aliphatic heterocycles. The van der Waals surface area contributed by atoms with Gasteiger partial charge in [-0.1, -0.05) is 0 Å². The van der Waals surface area contributed by atoms with E-state index < -0.39 is 11.9 Å². The molecule has 1 amide bonds. The van der Waals surface area contributed by atoms with Crippen molar-refractivity contribution in [2.24, 2.45) is 7.05 Å². The lowest BCUT2D eigenvalue weighted by atomic mass is 10.2. The Hall–Kier alpha value is -1.87. The number of morpholine rings is 1. The molecule has 0 aliphatic carbocycles. The third kappa shape index (κ3) is 3.72. The Morgan fingerprint density at radius 2 is 1.92 bits per heavy atom. The number of aryl methyl sites for hydroxylation is 1. The molecule has 0 N–H and O–H groups in total. The fourth-order valence-electron chi connectivity index (χ4n) is 2.94. The van der Waals surface area contributed by atoms with Gasteiger partial charge in [0.1, 0.15) is 11.4 Å². The van der Waals surface area contributed by atoms with Gasteiger partial charge in [0, 0.05) is 20.1 Å². The Bertz CT molecular complexity index is 774. The molecule has 0 saturated carbocycles. The molecule has 1 saturated heterocycles. The highest BCUT2D eigenvalue weighted by Gasteiger charge is 2.35. The molecule has 2 aromatic heterocycles. The van der Waals surface area contributed by atoms with Gasteiger partial charge in [-0.05, 0) is 32.0 Å². The smallest absolute Gasteiger partial charge is 0.372 e. The molecule has 5 nitrogen and oxygen atoms in total. The standard InChI is InChI=1S/C16H18F3N3O2S/c1-9-7-22(8-10(2)24-9)15(23)13-5-4-12(25-13)11-6-14(16(17,18)19)21(3)20-11/h4-6,9-10H,7-8H2,1-3H3. The predicted molar refractivity (Wildman–Crippen MR) is 87.4 cm³/mol. The van der Waals surface area contributed by atoms with Crippen molar-refractivity contribution in [1.29, 1.82) is 0 Å². The van der Waals surface area contributed by atoms with Gasteiger partial charge in [0.2, 0.25) is 0 Å². The maximum absolute atomic E-state index is 12.9. The van der Waals surface area contributed by atoms with Crippen molar-refractivity contribution >= 4 is 17.2 Å². The molecule has 136 valence electrons. The monoisotopic (exact) mass is 373 g/mol. The van der Waals surface area contributed by atoms with E-state index >= 15 is 0 Å². The number of rotatable bonds is 2. The van der Waals surface area contributed by atoms with E-state index in [1.165, 1.54) is 7.05 Å². The number of hydrogen-bond donors (Lipinski definition) is 0. The van der Waals surface area contributed by atoms with Crippen LogP contribution in [0.15, 0.2) is 18.2 Å². The minimum absolute atomic E-state index is 0.0442. The number of alkyl halides is 3. The van der Waals surface area contributed by atoms with Crippen molar-refractivity contribution in [3.63, 3.8) is 0 Å². The quantitative estimate of drug-likeness (QED) is 0.811. The number of carbonyl (C=O) groups is 1. The summed E-state index contributed by atoms with van der Waals surface area (Å²) in [5.74, 6) is -0.134. The first-order chi connectivity index (χ1) is 11.6. The third-order valence-corrected chi connectivity index (χ3v) is 5.04. The first-order valence-electron chi connectivity index (χ1n) is 7.81. The lowest BCUT2D eigenvalue weighted by Gasteiger charge is -2.35. The van der Waals surface area contributed by atoms with Gasteiger partial charge in [0.25, 0.3) is 5.91 Å². The van der Waals surface area contributed by atoms with Crippen LogP contribution in [-0.2, 0) is 18.0 Å². The molecule has 2 aromatic rings. The van der Waals surface area contributed by atoms with Gasteiger partial charge >= 0.3 is 6.18 Å². The van der Waals surface area contributed by atoms with E-state index in [-0.39, 0.29) is 23.8 Å². The van der Waals surface area contributed by atoms with Gasteiger partial charge in [0.05, 0.1) is 22.0 Å². The summed E-state index contributed by atoms with van der Waals surface area (Å²) in [7, 11) is 1.25. The van der Waals surface area contributed by atoms with E-state index in [4.69, 9.17) is 4.74 Å². The van der Waals surface area contributed by atoms with Crippen molar-refractivity contribution in [1.82, 2.24) is 14.7 Å². The van der Waals surface area contributed by atoms with Crippen LogP contribution in [0.25, 0.3) is 10.6 Å².